The normalized spacial score (nSPS) is 18.7. The van der Waals surface area contributed by atoms with E-state index in [4.69, 9.17) is 10.5 Å². The van der Waals surface area contributed by atoms with Crippen LogP contribution < -0.4 is 15.8 Å². The van der Waals surface area contributed by atoms with E-state index < -0.39 is 48.9 Å². The summed E-state index contributed by atoms with van der Waals surface area (Å²) in [5, 5.41) is 2.37. The molecule has 166 valence electrons. The molecule has 0 radical (unpaired) electrons. The second-order valence-corrected chi connectivity index (χ2v) is 6.41. The van der Waals surface area contributed by atoms with Crippen molar-refractivity contribution in [1.82, 2.24) is 9.97 Å². The molecule has 0 spiro atoms. The molecule has 1 aliphatic heterocycles. The molecule has 2 aromatic rings. The largest absolute Gasteiger partial charge is 0.470 e. The van der Waals surface area contributed by atoms with Crippen molar-refractivity contribution < 1.29 is 36.2 Å². The Morgan fingerprint density at radius 1 is 1.26 bits per heavy atom. The molecule has 31 heavy (non-hydrogen) atoms. The smallest absolute Gasteiger partial charge is 0.275 e. The number of carbonyl (C=O) groups excluding carboxylic acids is 1. The number of amidine groups is 1. The first-order valence-corrected chi connectivity index (χ1v) is 8.76. The van der Waals surface area contributed by atoms with E-state index in [2.05, 4.69) is 25.0 Å². The molecular formula is C18H16F5N5O3. The number of aromatic nitrogens is 2. The van der Waals surface area contributed by atoms with Crippen LogP contribution >= 0.6 is 0 Å². The van der Waals surface area contributed by atoms with Gasteiger partial charge in [0.05, 0.1) is 19.0 Å². The summed E-state index contributed by atoms with van der Waals surface area (Å²) in [5.74, 6) is -2.22. The van der Waals surface area contributed by atoms with Gasteiger partial charge in [0.15, 0.2) is 12.1 Å². The number of carbonyl (C=O) groups is 1. The molecule has 1 atom stereocenters. The summed E-state index contributed by atoms with van der Waals surface area (Å²) in [6, 6.07) is 3.04. The van der Waals surface area contributed by atoms with Gasteiger partial charge in [-0.25, -0.2) is 31.9 Å². The first-order chi connectivity index (χ1) is 14.7. The van der Waals surface area contributed by atoms with Crippen LogP contribution in [0.2, 0.25) is 0 Å². The number of alkyl halides is 4. The van der Waals surface area contributed by atoms with Crippen molar-refractivity contribution in [3.8, 4) is 5.88 Å². The maximum atomic E-state index is 14.4. The van der Waals surface area contributed by atoms with Crippen molar-refractivity contribution >= 4 is 17.4 Å². The zero-order valence-electron chi connectivity index (χ0n) is 15.7. The molecule has 1 aromatic heterocycles. The number of anilines is 1. The zero-order valence-corrected chi connectivity index (χ0v) is 15.7. The van der Waals surface area contributed by atoms with Gasteiger partial charge in [-0.15, -0.1) is 0 Å². The molecule has 1 aromatic carbocycles. The highest BCUT2D eigenvalue weighted by Crippen LogP contribution is 2.38. The molecule has 1 unspecified atom stereocenters. The van der Waals surface area contributed by atoms with Crippen LogP contribution in [0.4, 0.5) is 27.6 Å². The maximum absolute atomic E-state index is 14.4. The Balaban J connectivity index is 1.82. The number of amides is 1. The molecule has 0 fully saturated rings. The molecule has 1 amide bonds. The van der Waals surface area contributed by atoms with Crippen LogP contribution in [0.5, 0.6) is 5.88 Å². The minimum Gasteiger partial charge on any atom is -0.470 e. The number of nitrogens with two attached hydrogens (primary N) is 1. The fourth-order valence-corrected chi connectivity index (χ4v) is 2.79. The van der Waals surface area contributed by atoms with Crippen LogP contribution in [0.1, 0.15) is 16.1 Å². The lowest BCUT2D eigenvalue weighted by Crippen LogP contribution is -2.45. The van der Waals surface area contributed by atoms with Gasteiger partial charge in [0.1, 0.15) is 24.0 Å². The maximum Gasteiger partial charge on any atom is 0.275 e. The number of nitrogens with zero attached hydrogens (tertiary/aromatic N) is 3. The average molecular weight is 445 g/mol. The van der Waals surface area contributed by atoms with Crippen molar-refractivity contribution in [1.29, 1.82) is 0 Å². The Morgan fingerprint density at radius 2 is 2.03 bits per heavy atom. The lowest BCUT2D eigenvalue weighted by Gasteiger charge is -2.33. The van der Waals surface area contributed by atoms with Gasteiger partial charge in [-0.1, -0.05) is 0 Å². The summed E-state index contributed by atoms with van der Waals surface area (Å²) in [6.45, 7) is -1.66. The van der Waals surface area contributed by atoms with Gasteiger partial charge < -0.3 is 20.5 Å². The van der Waals surface area contributed by atoms with Crippen LogP contribution in [-0.4, -0.2) is 54.4 Å². The van der Waals surface area contributed by atoms with E-state index in [0.717, 1.165) is 30.6 Å². The monoisotopic (exact) mass is 445 g/mol. The van der Waals surface area contributed by atoms with Gasteiger partial charge in [0.2, 0.25) is 5.88 Å². The van der Waals surface area contributed by atoms with Crippen LogP contribution in [0.25, 0.3) is 0 Å². The predicted octanol–water partition coefficient (Wildman–Crippen LogP) is 2.36. The van der Waals surface area contributed by atoms with Crippen molar-refractivity contribution in [2.75, 3.05) is 25.1 Å². The molecule has 8 nitrogen and oxygen atoms in total. The van der Waals surface area contributed by atoms with Gasteiger partial charge in [0.25, 0.3) is 18.8 Å². The minimum absolute atomic E-state index is 0.0272. The zero-order chi connectivity index (χ0) is 22.6. The summed E-state index contributed by atoms with van der Waals surface area (Å²) in [7, 11) is 0. The first-order valence-electron chi connectivity index (χ1n) is 8.76. The van der Waals surface area contributed by atoms with Gasteiger partial charge >= 0.3 is 0 Å². The highest BCUT2D eigenvalue weighted by molar-refractivity contribution is 6.02. The average Bonchev–Trinajstić information content (AvgIpc) is 2.73. The summed E-state index contributed by atoms with van der Waals surface area (Å²) in [6.07, 6.45) is -3.90. The van der Waals surface area contributed by atoms with Crippen LogP contribution in [0.3, 0.4) is 0 Å². The highest BCUT2D eigenvalue weighted by Gasteiger charge is 2.46. The number of aliphatic imine (C=N–C) groups is 1. The van der Waals surface area contributed by atoms with E-state index in [1.54, 1.807) is 0 Å². The third-order valence-corrected chi connectivity index (χ3v) is 4.18. The van der Waals surface area contributed by atoms with Crippen molar-refractivity contribution in [3.63, 3.8) is 0 Å². The predicted molar refractivity (Wildman–Crippen MR) is 98.0 cm³/mol. The summed E-state index contributed by atoms with van der Waals surface area (Å²) in [5.41, 5.74) is 2.39. The number of halogens is 5. The fraction of sp³-hybridized carbons (Fsp3) is 0.333. The van der Waals surface area contributed by atoms with Crippen LogP contribution in [0, 0.1) is 5.82 Å². The Kier molecular flexibility index (Phi) is 6.63. The molecular weight excluding hydrogens is 429 g/mol. The van der Waals surface area contributed by atoms with E-state index in [0.29, 0.717) is 0 Å². The number of ether oxygens (including phenoxy) is 2. The standard InChI is InChI=1S/C18H16F5N5O3/c19-11-2-1-9(3-10(11)18(17(22)23)8-30-7-14(24)28-18)27-16(29)12-4-26-15(5-25-12)31-6-13(20)21/h1-5,13,17H,6-8H2,(H2,24,28)(H,27,29). The molecule has 2 heterocycles. The lowest BCUT2D eigenvalue weighted by molar-refractivity contribution is -0.0145. The first kappa shape index (κ1) is 22.3. The van der Waals surface area contributed by atoms with E-state index in [1.165, 1.54) is 0 Å². The number of benzene rings is 1. The molecule has 0 saturated heterocycles. The number of hydrogen-bond donors (Lipinski definition) is 2. The molecule has 13 heteroatoms. The van der Waals surface area contributed by atoms with E-state index in [9.17, 15) is 26.7 Å². The van der Waals surface area contributed by atoms with Crippen molar-refractivity contribution in [3.05, 3.63) is 47.7 Å². The van der Waals surface area contributed by atoms with E-state index >= 15 is 0 Å². The highest BCUT2D eigenvalue weighted by atomic mass is 19.3. The number of hydrogen-bond acceptors (Lipinski definition) is 7. The number of nitrogens with one attached hydrogen (secondary N) is 1. The second kappa shape index (κ2) is 9.20. The Bertz CT molecular complexity index is 974. The summed E-state index contributed by atoms with van der Waals surface area (Å²) < 4.78 is 76.1. The molecule has 3 N–H and O–H groups in total. The van der Waals surface area contributed by atoms with Gasteiger partial charge in [-0.05, 0) is 18.2 Å². The second-order valence-electron chi connectivity index (χ2n) is 6.41. The topological polar surface area (TPSA) is 112 Å². The van der Waals surface area contributed by atoms with E-state index in [1.807, 2.05) is 0 Å². The number of rotatable bonds is 7. The van der Waals surface area contributed by atoms with Crippen molar-refractivity contribution in [2.45, 2.75) is 18.4 Å². The van der Waals surface area contributed by atoms with E-state index in [-0.39, 0.29) is 29.7 Å². The fourth-order valence-electron chi connectivity index (χ4n) is 2.79. The quantitative estimate of drug-likeness (QED) is 0.633. The summed E-state index contributed by atoms with van der Waals surface area (Å²) in [4.78, 5) is 23.5. The third kappa shape index (κ3) is 5.05. The lowest BCUT2D eigenvalue weighted by atomic mass is 9.90. The Morgan fingerprint density at radius 3 is 2.65 bits per heavy atom. The molecule has 0 bridgehead atoms. The molecule has 0 saturated carbocycles. The molecule has 3 rings (SSSR count). The Labute approximate surface area is 172 Å². The van der Waals surface area contributed by atoms with Gasteiger partial charge in [-0.2, -0.15) is 0 Å². The molecule has 0 aliphatic carbocycles. The minimum atomic E-state index is -3.14. The van der Waals surface area contributed by atoms with Crippen LogP contribution in [-0.2, 0) is 10.3 Å². The third-order valence-electron chi connectivity index (χ3n) is 4.18. The molecule has 1 aliphatic rings. The van der Waals surface area contributed by atoms with Crippen LogP contribution in [0.15, 0.2) is 35.6 Å². The Hall–Kier alpha value is -3.35. The van der Waals surface area contributed by atoms with Gasteiger partial charge in [0, 0.05) is 11.3 Å². The SMILES string of the molecule is NC1=NC(c2cc(NC(=O)c3cnc(OCC(F)F)cn3)ccc2F)(C(F)F)COC1. The van der Waals surface area contributed by atoms with Crippen molar-refractivity contribution in [2.24, 2.45) is 10.7 Å². The van der Waals surface area contributed by atoms with Gasteiger partial charge in [-0.3, -0.25) is 9.79 Å². The summed E-state index contributed by atoms with van der Waals surface area (Å²) >= 11 is 0.